The minimum Gasteiger partial charge on any atom is -0.465 e. The van der Waals surface area contributed by atoms with Crippen molar-refractivity contribution in [1.29, 1.82) is 0 Å². The van der Waals surface area contributed by atoms with Gasteiger partial charge in [-0.25, -0.2) is 13.2 Å². The SMILES string of the molecule is COC(=O)c1ccccc1NC(=O)C1CCN(S(=O)(=O)c2ccc3ccccc3c2)CC1. The third-order valence-corrected chi connectivity index (χ3v) is 7.67. The Morgan fingerprint density at radius 1 is 0.938 bits per heavy atom. The highest BCUT2D eigenvalue weighted by molar-refractivity contribution is 7.89. The maximum absolute atomic E-state index is 13.1. The van der Waals surface area contributed by atoms with E-state index in [1.807, 2.05) is 24.3 Å². The normalized spacial score (nSPS) is 15.4. The van der Waals surface area contributed by atoms with Gasteiger partial charge in [0.25, 0.3) is 0 Å². The smallest absolute Gasteiger partial charge is 0.339 e. The van der Waals surface area contributed by atoms with Crippen LogP contribution in [0.15, 0.2) is 71.6 Å². The molecule has 0 aliphatic carbocycles. The van der Waals surface area contributed by atoms with Crippen LogP contribution in [-0.2, 0) is 19.6 Å². The minimum atomic E-state index is -3.64. The minimum absolute atomic E-state index is 0.232. The largest absolute Gasteiger partial charge is 0.465 e. The van der Waals surface area contributed by atoms with Gasteiger partial charge in [0, 0.05) is 19.0 Å². The molecule has 32 heavy (non-hydrogen) atoms. The van der Waals surface area contributed by atoms with Crippen molar-refractivity contribution in [3.05, 3.63) is 72.3 Å². The monoisotopic (exact) mass is 452 g/mol. The summed E-state index contributed by atoms with van der Waals surface area (Å²) in [6.45, 7) is 0.512. The number of anilines is 1. The Morgan fingerprint density at radius 2 is 1.59 bits per heavy atom. The number of carbonyl (C=O) groups excluding carboxylic acids is 2. The number of para-hydroxylation sites is 1. The summed E-state index contributed by atoms with van der Waals surface area (Å²) in [6, 6.07) is 19.4. The van der Waals surface area contributed by atoms with E-state index in [9.17, 15) is 18.0 Å². The van der Waals surface area contributed by atoms with Gasteiger partial charge in [0.2, 0.25) is 15.9 Å². The Kier molecular flexibility index (Phi) is 6.25. The zero-order valence-electron chi connectivity index (χ0n) is 17.7. The molecule has 1 heterocycles. The number of rotatable bonds is 5. The van der Waals surface area contributed by atoms with E-state index in [1.165, 1.54) is 11.4 Å². The first kappa shape index (κ1) is 22.0. The van der Waals surface area contributed by atoms with Gasteiger partial charge in [0.05, 0.1) is 23.3 Å². The molecule has 166 valence electrons. The van der Waals surface area contributed by atoms with Crippen molar-refractivity contribution in [2.24, 2.45) is 5.92 Å². The van der Waals surface area contributed by atoms with Crippen molar-refractivity contribution in [3.8, 4) is 0 Å². The number of hydrogen-bond donors (Lipinski definition) is 1. The first-order valence-electron chi connectivity index (χ1n) is 10.4. The average Bonchev–Trinajstić information content (AvgIpc) is 2.83. The van der Waals surface area contributed by atoms with Crippen LogP contribution in [0.1, 0.15) is 23.2 Å². The molecule has 0 aromatic heterocycles. The van der Waals surface area contributed by atoms with E-state index in [0.29, 0.717) is 18.5 Å². The second kappa shape index (κ2) is 9.10. The second-order valence-corrected chi connectivity index (χ2v) is 9.65. The molecule has 1 aliphatic rings. The third kappa shape index (κ3) is 4.37. The van der Waals surface area contributed by atoms with Crippen molar-refractivity contribution in [2.75, 3.05) is 25.5 Å². The van der Waals surface area contributed by atoms with Crippen LogP contribution in [0.3, 0.4) is 0 Å². The number of sulfonamides is 1. The fourth-order valence-corrected chi connectivity index (χ4v) is 5.46. The molecule has 4 rings (SSSR count). The lowest BCUT2D eigenvalue weighted by atomic mass is 9.97. The van der Waals surface area contributed by atoms with Crippen LogP contribution in [0, 0.1) is 5.92 Å². The van der Waals surface area contributed by atoms with Crippen LogP contribution in [0.25, 0.3) is 10.8 Å². The molecule has 3 aromatic rings. The van der Waals surface area contributed by atoms with Gasteiger partial charge in [-0.2, -0.15) is 4.31 Å². The van der Waals surface area contributed by atoms with Crippen molar-refractivity contribution in [1.82, 2.24) is 4.31 Å². The van der Waals surface area contributed by atoms with E-state index >= 15 is 0 Å². The molecule has 1 amide bonds. The van der Waals surface area contributed by atoms with Crippen molar-refractivity contribution in [2.45, 2.75) is 17.7 Å². The lowest BCUT2D eigenvalue weighted by Crippen LogP contribution is -2.41. The number of piperidine rings is 1. The van der Waals surface area contributed by atoms with Gasteiger partial charge in [-0.05, 0) is 47.9 Å². The standard InChI is InChI=1S/C24H24N2O5S/c1-31-24(28)21-8-4-5-9-22(21)25-23(27)18-12-14-26(15-13-18)32(29,30)20-11-10-17-6-2-3-7-19(17)16-20/h2-11,16,18H,12-15H2,1H3,(H,25,27). The van der Waals surface area contributed by atoms with Gasteiger partial charge in [-0.3, -0.25) is 4.79 Å². The highest BCUT2D eigenvalue weighted by atomic mass is 32.2. The second-order valence-electron chi connectivity index (χ2n) is 7.71. The Balaban J connectivity index is 1.43. The number of methoxy groups -OCH3 is 1. The van der Waals surface area contributed by atoms with Gasteiger partial charge < -0.3 is 10.1 Å². The molecule has 8 heteroatoms. The Bertz CT molecular complexity index is 1260. The fourth-order valence-electron chi connectivity index (χ4n) is 3.95. The number of hydrogen-bond acceptors (Lipinski definition) is 5. The summed E-state index contributed by atoms with van der Waals surface area (Å²) >= 11 is 0. The maximum Gasteiger partial charge on any atom is 0.339 e. The maximum atomic E-state index is 13.1. The number of fused-ring (bicyclic) bond motifs is 1. The Hall–Kier alpha value is -3.23. The molecule has 0 spiro atoms. The fraction of sp³-hybridized carbons (Fsp3) is 0.250. The van der Waals surface area contributed by atoms with E-state index in [2.05, 4.69) is 5.32 Å². The zero-order chi connectivity index (χ0) is 22.7. The molecule has 0 atom stereocenters. The van der Waals surface area contributed by atoms with E-state index in [1.54, 1.807) is 42.5 Å². The predicted molar refractivity (Wildman–Crippen MR) is 122 cm³/mol. The summed E-state index contributed by atoms with van der Waals surface area (Å²) in [5.74, 6) is -1.11. The number of nitrogens with one attached hydrogen (secondary N) is 1. The number of esters is 1. The van der Waals surface area contributed by atoms with Crippen LogP contribution in [0.4, 0.5) is 5.69 Å². The summed E-state index contributed by atoms with van der Waals surface area (Å²) < 4.78 is 32.4. The van der Waals surface area contributed by atoms with Gasteiger partial charge in [-0.1, -0.05) is 42.5 Å². The number of nitrogens with zero attached hydrogens (tertiary/aromatic N) is 1. The summed E-state index contributed by atoms with van der Waals surface area (Å²) in [4.78, 5) is 24.9. The van der Waals surface area contributed by atoms with Gasteiger partial charge in [0.1, 0.15) is 0 Å². The summed E-state index contributed by atoms with van der Waals surface area (Å²) in [7, 11) is -2.36. The first-order valence-corrected chi connectivity index (χ1v) is 11.8. The highest BCUT2D eigenvalue weighted by Crippen LogP contribution is 2.27. The van der Waals surface area contributed by atoms with Gasteiger partial charge >= 0.3 is 5.97 Å². The number of amides is 1. The highest BCUT2D eigenvalue weighted by Gasteiger charge is 2.32. The number of ether oxygens (including phenoxy) is 1. The zero-order valence-corrected chi connectivity index (χ0v) is 18.5. The van der Waals surface area contributed by atoms with Crippen LogP contribution in [-0.4, -0.2) is 44.8 Å². The third-order valence-electron chi connectivity index (χ3n) is 5.77. The molecule has 0 bridgehead atoms. The van der Waals surface area contributed by atoms with Crippen LogP contribution >= 0.6 is 0 Å². The summed E-state index contributed by atoms with van der Waals surface area (Å²) in [5, 5.41) is 4.64. The quantitative estimate of drug-likeness (QED) is 0.597. The average molecular weight is 453 g/mol. The molecule has 3 aromatic carbocycles. The molecule has 0 unspecified atom stereocenters. The van der Waals surface area contributed by atoms with Crippen molar-refractivity contribution in [3.63, 3.8) is 0 Å². The lowest BCUT2D eigenvalue weighted by molar-refractivity contribution is -0.120. The Morgan fingerprint density at radius 3 is 2.31 bits per heavy atom. The van der Waals surface area contributed by atoms with Crippen LogP contribution in [0.5, 0.6) is 0 Å². The predicted octanol–water partition coefficient (Wildman–Crippen LogP) is 3.67. The first-order chi connectivity index (χ1) is 15.4. The van der Waals surface area contributed by atoms with Crippen molar-refractivity contribution < 1.29 is 22.7 Å². The summed E-state index contributed by atoms with van der Waals surface area (Å²) in [6.07, 6.45) is 0.804. The van der Waals surface area contributed by atoms with Crippen molar-refractivity contribution >= 4 is 38.4 Å². The molecule has 1 saturated heterocycles. The Labute approximate surface area is 187 Å². The molecule has 0 radical (unpaired) electrons. The molecule has 1 aliphatic heterocycles. The molecule has 1 fully saturated rings. The molecule has 1 N–H and O–H groups in total. The van der Waals surface area contributed by atoms with Crippen LogP contribution in [0.2, 0.25) is 0 Å². The van der Waals surface area contributed by atoms with Crippen LogP contribution < -0.4 is 5.32 Å². The van der Waals surface area contributed by atoms with Gasteiger partial charge in [-0.15, -0.1) is 0 Å². The lowest BCUT2D eigenvalue weighted by Gasteiger charge is -2.30. The molecule has 0 saturated carbocycles. The summed E-state index contributed by atoms with van der Waals surface area (Å²) in [5.41, 5.74) is 0.662. The topological polar surface area (TPSA) is 92.8 Å². The van der Waals surface area contributed by atoms with E-state index in [4.69, 9.17) is 4.74 Å². The van der Waals surface area contributed by atoms with E-state index in [-0.39, 0.29) is 35.4 Å². The van der Waals surface area contributed by atoms with E-state index in [0.717, 1.165) is 10.8 Å². The molecular weight excluding hydrogens is 428 g/mol. The number of carbonyl (C=O) groups is 2. The molecule has 7 nitrogen and oxygen atoms in total. The molecular formula is C24H24N2O5S. The van der Waals surface area contributed by atoms with Gasteiger partial charge in [0.15, 0.2) is 0 Å². The van der Waals surface area contributed by atoms with E-state index < -0.39 is 16.0 Å². The number of benzene rings is 3.